The number of hydrogen-bond donors (Lipinski definition) is 0. The minimum atomic E-state index is -1.74. The highest BCUT2D eigenvalue weighted by atomic mass is 28.4. The Balaban J connectivity index is 0.000000440. The van der Waals surface area contributed by atoms with E-state index in [-0.39, 0.29) is 11.9 Å². The van der Waals surface area contributed by atoms with Crippen LogP contribution in [0.3, 0.4) is 0 Å². The molecule has 2 unspecified atom stereocenters. The molecule has 2 aliphatic carbocycles. The van der Waals surface area contributed by atoms with Gasteiger partial charge in [0, 0.05) is 25.4 Å². The summed E-state index contributed by atoms with van der Waals surface area (Å²) in [7, 11) is -3.49. The molecule has 0 N–H and O–H groups in total. The van der Waals surface area contributed by atoms with E-state index in [1.54, 1.807) is 12.2 Å². The van der Waals surface area contributed by atoms with Crippen LogP contribution in [0.15, 0.2) is 23.3 Å². The van der Waals surface area contributed by atoms with Gasteiger partial charge in [-0.2, -0.15) is 0 Å². The second kappa shape index (κ2) is 18.8. The SMILES string of the molecule is CCOC(=O)/C=C1/CC1CCO[Si](C(C)C)(C(C)C)C(C)C.CCOC(=O)/C=C1\CC1CCO[Si](C(C)C)(C(C)C)C(C)C. The van der Waals surface area contributed by atoms with Crippen molar-refractivity contribution in [3.8, 4) is 0 Å². The number of esters is 2. The van der Waals surface area contributed by atoms with Gasteiger partial charge in [0.05, 0.1) is 13.2 Å². The number of ether oxygens (including phenoxy) is 2. The van der Waals surface area contributed by atoms with Gasteiger partial charge in [0.1, 0.15) is 0 Å². The lowest BCUT2D eigenvalue weighted by Crippen LogP contribution is -2.48. The molecule has 0 bridgehead atoms. The third kappa shape index (κ3) is 11.5. The Hall–Kier alpha value is -1.23. The molecule has 0 amide bonds. The maximum atomic E-state index is 11.4. The lowest BCUT2D eigenvalue weighted by molar-refractivity contribution is -0.138. The molecule has 0 aromatic rings. The molecule has 6 nitrogen and oxygen atoms in total. The van der Waals surface area contributed by atoms with Crippen molar-refractivity contribution in [1.82, 2.24) is 0 Å². The Labute approximate surface area is 273 Å². The summed E-state index contributed by atoms with van der Waals surface area (Å²) in [6.07, 6.45) is 7.47. The highest BCUT2D eigenvalue weighted by Crippen LogP contribution is 2.46. The molecule has 0 saturated heterocycles. The summed E-state index contributed by atoms with van der Waals surface area (Å²) in [4.78, 5) is 22.8. The number of carbonyl (C=O) groups excluding carboxylic acids is 2. The smallest absolute Gasteiger partial charge is 0.330 e. The number of allylic oxidation sites excluding steroid dienone is 2. The molecule has 2 aliphatic rings. The van der Waals surface area contributed by atoms with Gasteiger partial charge in [0.2, 0.25) is 0 Å². The van der Waals surface area contributed by atoms with E-state index in [2.05, 4.69) is 83.1 Å². The Morgan fingerprint density at radius 2 is 0.864 bits per heavy atom. The summed E-state index contributed by atoms with van der Waals surface area (Å²) in [5, 5.41) is 0. The molecule has 2 atom stereocenters. The van der Waals surface area contributed by atoms with Crippen LogP contribution in [0.5, 0.6) is 0 Å². The fourth-order valence-electron chi connectivity index (χ4n) is 7.81. The molecule has 0 spiro atoms. The van der Waals surface area contributed by atoms with Gasteiger partial charge in [-0.1, -0.05) is 94.2 Å². The van der Waals surface area contributed by atoms with Gasteiger partial charge in [0.15, 0.2) is 16.6 Å². The zero-order chi connectivity index (χ0) is 33.8. The van der Waals surface area contributed by atoms with Gasteiger partial charge >= 0.3 is 11.9 Å². The number of hydrogen-bond acceptors (Lipinski definition) is 6. The van der Waals surface area contributed by atoms with Crippen LogP contribution in [0.4, 0.5) is 0 Å². The largest absolute Gasteiger partial charge is 0.463 e. The van der Waals surface area contributed by atoms with E-state index in [1.807, 2.05) is 13.8 Å². The number of rotatable bonds is 18. The quantitative estimate of drug-likeness (QED) is 0.0834. The first-order valence-electron chi connectivity index (χ1n) is 17.5. The third-order valence-corrected chi connectivity index (χ3v) is 22.2. The second-order valence-electron chi connectivity index (χ2n) is 14.7. The average molecular weight is 653 g/mol. The van der Waals surface area contributed by atoms with Gasteiger partial charge < -0.3 is 18.3 Å². The van der Waals surface area contributed by atoms with E-state index in [1.165, 1.54) is 11.1 Å². The standard InChI is InChI=1S/2C18H34O3Si/c2*1-8-20-18(19)12-17-11-16(17)9-10-21-22(13(2)3,14(4)5)15(6)7/h2*12-16H,8-11H2,1-7H3/b17-12+;17-12-. The summed E-state index contributed by atoms with van der Waals surface area (Å²) < 4.78 is 23.0. The molecule has 2 rings (SSSR count). The zero-order valence-corrected chi connectivity index (χ0v) is 32.9. The summed E-state index contributed by atoms with van der Waals surface area (Å²) >= 11 is 0. The van der Waals surface area contributed by atoms with E-state index in [0.717, 1.165) is 38.9 Å². The first-order valence-corrected chi connectivity index (χ1v) is 21.8. The van der Waals surface area contributed by atoms with E-state index in [0.29, 0.717) is 58.3 Å². The van der Waals surface area contributed by atoms with Crippen molar-refractivity contribution in [1.29, 1.82) is 0 Å². The van der Waals surface area contributed by atoms with Crippen LogP contribution in [0.1, 0.15) is 123 Å². The molecule has 2 saturated carbocycles. The van der Waals surface area contributed by atoms with Crippen LogP contribution in [-0.2, 0) is 27.9 Å². The topological polar surface area (TPSA) is 71.1 Å². The zero-order valence-electron chi connectivity index (χ0n) is 30.9. The van der Waals surface area contributed by atoms with Crippen molar-refractivity contribution in [2.24, 2.45) is 11.8 Å². The van der Waals surface area contributed by atoms with Gasteiger partial charge in [-0.15, -0.1) is 0 Å². The Morgan fingerprint density at radius 1 is 0.591 bits per heavy atom. The van der Waals surface area contributed by atoms with Crippen molar-refractivity contribution in [3.05, 3.63) is 23.3 Å². The molecule has 0 aromatic heterocycles. The first kappa shape index (κ1) is 40.8. The molecule has 256 valence electrons. The van der Waals surface area contributed by atoms with Crippen LogP contribution in [0.2, 0.25) is 33.2 Å². The van der Waals surface area contributed by atoms with Crippen molar-refractivity contribution in [2.75, 3.05) is 26.4 Å². The van der Waals surface area contributed by atoms with E-state index >= 15 is 0 Å². The third-order valence-electron chi connectivity index (χ3n) is 9.92. The van der Waals surface area contributed by atoms with Crippen LogP contribution in [-0.4, -0.2) is 55.0 Å². The average Bonchev–Trinajstić information content (AvgIpc) is 3.81. The fraction of sp³-hybridized carbons (Fsp3) is 0.833. The highest BCUT2D eigenvalue weighted by Gasteiger charge is 2.46. The Bertz CT molecular complexity index is 831. The predicted octanol–water partition coefficient (Wildman–Crippen LogP) is 10.2. The van der Waals surface area contributed by atoms with Gasteiger partial charge in [-0.05, 0) is 84.6 Å². The molecule has 44 heavy (non-hydrogen) atoms. The normalized spacial score (nSPS) is 20.3. The maximum absolute atomic E-state index is 11.4. The molecular formula is C36H68O6Si2. The Morgan fingerprint density at radius 3 is 1.09 bits per heavy atom. The van der Waals surface area contributed by atoms with Crippen molar-refractivity contribution in [2.45, 2.75) is 156 Å². The van der Waals surface area contributed by atoms with Gasteiger partial charge in [-0.25, -0.2) is 9.59 Å². The highest BCUT2D eigenvalue weighted by molar-refractivity contribution is 6.78. The van der Waals surface area contributed by atoms with Crippen LogP contribution < -0.4 is 0 Å². The molecule has 2 fully saturated rings. The van der Waals surface area contributed by atoms with Crippen LogP contribution in [0.25, 0.3) is 0 Å². The minimum Gasteiger partial charge on any atom is -0.463 e. The molecule has 0 radical (unpaired) electrons. The minimum absolute atomic E-state index is 0.198. The fourth-order valence-corrected chi connectivity index (χ4v) is 18.7. The summed E-state index contributed by atoms with van der Waals surface area (Å²) in [6.45, 7) is 34.0. The van der Waals surface area contributed by atoms with Gasteiger partial charge in [-0.3, -0.25) is 0 Å². The van der Waals surface area contributed by atoms with Gasteiger partial charge in [0.25, 0.3) is 0 Å². The number of carbonyl (C=O) groups is 2. The van der Waals surface area contributed by atoms with E-state index in [9.17, 15) is 9.59 Å². The van der Waals surface area contributed by atoms with Crippen molar-refractivity contribution < 1.29 is 27.9 Å². The van der Waals surface area contributed by atoms with E-state index < -0.39 is 16.6 Å². The summed E-state index contributed by atoms with van der Waals surface area (Å²) in [6, 6.07) is 0. The second-order valence-corrected chi connectivity index (χ2v) is 25.6. The predicted molar refractivity (Wildman–Crippen MR) is 189 cm³/mol. The molecule has 0 aromatic carbocycles. The first-order chi connectivity index (χ1) is 20.5. The van der Waals surface area contributed by atoms with Crippen LogP contribution >= 0.6 is 0 Å². The van der Waals surface area contributed by atoms with Crippen molar-refractivity contribution in [3.63, 3.8) is 0 Å². The summed E-state index contributed by atoms with van der Waals surface area (Å²) in [5.74, 6) is 0.664. The van der Waals surface area contributed by atoms with Crippen molar-refractivity contribution >= 4 is 28.6 Å². The summed E-state index contributed by atoms with van der Waals surface area (Å²) in [5.41, 5.74) is 6.22. The molecule has 8 heteroatoms. The van der Waals surface area contributed by atoms with E-state index in [4.69, 9.17) is 18.3 Å². The lowest BCUT2D eigenvalue weighted by Gasteiger charge is -2.42. The maximum Gasteiger partial charge on any atom is 0.330 e. The lowest BCUT2D eigenvalue weighted by atomic mass is 10.3. The monoisotopic (exact) mass is 652 g/mol. The Kier molecular flexibility index (Phi) is 17.4. The molecular weight excluding hydrogens is 585 g/mol. The van der Waals surface area contributed by atoms with Crippen LogP contribution in [0, 0.1) is 11.8 Å². The molecule has 0 heterocycles. The molecule has 0 aliphatic heterocycles.